The van der Waals surface area contributed by atoms with E-state index in [0.717, 1.165) is 12.1 Å². The summed E-state index contributed by atoms with van der Waals surface area (Å²) in [7, 11) is -3.91. The number of aliphatic hydroxyl groups is 1. The fourth-order valence-electron chi connectivity index (χ4n) is 1.46. The molecule has 1 atom stereocenters. The predicted octanol–water partition coefficient (Wildman–Crippen LogP) is 1.53. The second kappa shape index (κ2) is 5.89. The first kappa shape index (κ1) is 15.9. The number of sulfone groups is 1. The van der Waals surface area contributed by atoms with E-state index < -0.39 is 26.3 Å². The quantitative estimate of drug-likeness (QED) is 0.895. The van der Waals surface area contributed by atoms with Crippen LogP contribution in [0.3, 0.4) is 0 Å². The van der Waals surface area contributed by atoms with Crippen LogP contribution in [0.1, 0.15) is 5.56 Å². The van der Waals surface area contributed by atoms with Crippen molar-refractivity contribution in [3.8, 4) is 0 Å². The zero-order valence-corrected chi connectivity index (χ0v) is 10.8. The van der Waals surface area contributed by atoms with Gasteiger partial charge in [-0.1, -0.05) is 12.1 Å². The maximum atomic E-state index is 12.3. The number of alkyl halides is 3. The largest absolute Gasteiger partial charge is 0.501 e. The van der Waals surface area contributed by atoms with Crippen molar-refractivity contribution in [3.05, 3.63) is 29.8 Å². The predicted molar refractivity (Wildman–Crippen MR) is 61.3 cm³/mol. The van der Waals surface area contributed by atoms with Crippen molar-refractivity contribution in [3.63, 3.8) is 0 Å². The van der Waals surface area contributed by atoms with Crippen molar-refractivity contribution in [2.75, 3.05) is 13.7 Å². The summed E-state index contributed by atoms with van der Waals surface area (Å²) in [6.07, 6.45) is -0.629. The molecule has 0 saturated heterocycles. The fourth-order valence-corrected chi connectivity index (χ4v) is 2.22. The summed E-state index contributed by atoms with van der Waals surface area (Å²) < 4.78 is 63.8. The number of ether oxygens (including phenoxy) is 1. The standard InChI is InChI=1S/C11H13F3O4S/c1-18-7-9(15)6-8-2-4-10(5-3-8)19(16,17)11(12,13)14/h2-5,9,15H,6-7H2,1H3. The molecule has 1 aromatic rings. The molecular formula is C11H13F3O4S. The Morgan fingerprint density at radius 2 is 1.79 bits per heavy atom. The zero-order valence-electron chi connectivity index (χ0n) is 10.0. The summed E-state index contributed by atoms with van der Waals surface area (Å²) in [4.78, 5) is -0.815. The fraction of sp³-hybridized carbons (Fsp3) is 0.455. The minimum absolute atomic E-state index is 0.0859. The summed E-state index contributed by atoms with van der Waals surface area (Å²) >= 11 is 0. The van der Waals surface area contributed by atoms with Crippen molar-refractivity contribution in [2.24, 2.45) is 0 Å². The summed E-state index contributed by atoms with van der Waals surface area (Å²) in [5.74, 6) is 0. The molecule has 1 aromatic carbocycles. The normalized spacial score (nSPS) is 14.4. The molecule has 0 aliphatic heterocycles. The van der Waals surface area contributed by atoms with Crippen molar-refractivity contribution in [1.29, 1.82) is 0 Å². The number of rotatable bonds is 5. The van der Waals surface area contributed by atoms with E-state index in [2.05, 4.69) is 0 Å². The van der Waals surface area contributed by atoms with Gasteiger partial charge in [0.05, 0.1) is 17.6 Å². The van der Waals surface area contributed by atoms with Crippen LogP contribution in [0.4, 0.5) is 13.2 Å². The average molecular weight is 298 g/mol. The first-order valence-electron chi connectivity index (χ1n) is 5.26. The van der Waals surface area contributed by atoms with Crippen LogP contribution in [-0.4, -0.2) is 38.9 Å². The number of hydrogen-bond acceptors (Lipinski definition) is 4. The smallest absolute Gasteiger partial charge is 0.390 e. The van der Waals surface area contributed by atoms with Crippen LogP contribution in [0, 0.1) is 0 Å². The van der Waals surface area contributed by atoms with E-state index in [1.54, 1.807) is 0 Å². The molecule has 1 unspecified atom stereocenters. The summed E-state index contributed by atoms with van der Waals surface area (Å²) in [6, 6.07) is 4.21. The van der Waals surface area contributed by atoms with Crippen molar-refractivity contribution < 1.29 is 31.4 Å². The Kier molecular flexibility index (Phi) is 4.94. The first-order valence-corrected chi connectivity index (χ1v) is 6.74. The van der Waals surface area contributed by atoms with Crippen LogP contribution in [0.15, 0.2) is 29.2 Å². The topological polar surface area (TPSA) is 63.6 Å². The second-order valence-corrected chi connectivity index (χ2v) is 5.85. The molecule has 0 spiro atoms. The summed E-state index contributed by atoms with van der Waals surface area (Å²) in [5.41, 5.74) is -4.80. The second-order valence-electron chi connectivity index (χ2n) is 3.91. The van der Waals surface area contributed by atoms with Gasteiger partial charge in [-0.3, -0.25) is 0 Å². The lowest BCUT2D eigenvalue weighted by Crippen LogP contribution is -2.23. The molecule has 4 nitrogen and oxygen atoms in total. The van der Waals surface area contributed by atoms with Gasteiger partial charge in [-0.2, -0.15) is 13.2 Å². The zero-order chi connectivity index (χ0) is 14.7. The molecule has 108 valence electrons. The molecular weight excluding hydrogens is 285 g/mol. The molecule has 0 aromatic heterocycles. The highest BCUT2D eigenvalue weighted by Gasteiger charge is 2.46. The molecule has 0 heterocycles. The molecule has 0 amide bonds. The van der Waals surface area contributed by atoms with Crippen LogP contribution < -0.4 is 0 Å². The molecule has 8 heteroatoms. The molecule has 0 bridgehead atoms. The van der Waals surface area contributed by atoms with Crippen molar-refractivity contribution in [1.82, 2.24) is 0 Å². The Labute approximate surface area is 108 Å². The van der Waals surface area contributed by atoms with Gasteiger partial charge in [-0.25, -0.2) is 8.42 Å². The Bertz CT molecular complexity index is 508. The highest BCUT2D eigenvalue weighted by molar-refractivity contribution is 7.92. The molecule has 0 saturated carbocycles. The lowest BCUT2D eigenvalue weighted by molar-refractivity contribution is -0.0436. The van der Waals surface area contributed by atoms with Gasteiger partial charge in [-0.15, -0.1) is 0 Å². The van der Waals surface area contributed by atoms with Gasteiger partial charge in [-0.05, 0) is 17.7 Å². The number of methoxy groups -OCH3 is 1. The van der Waals surface area contributed by atoms with Gasteiger partial charge in [0.15, 0.2) is 0 Å². The highest BCUT2D eigenvalue weighted by Crippen LogP contribution is 2.30. The SMILES string of the molecule is COCC(O)Cc1ccc(S(=O)(=O)C(F)(F)F)cc1. The van der Waals surface area contributed by atoms with Crippen LogP contribution in [0.25, 0.3) is 0 Å². The number of hydrogen-bond donors (Lipinski definition) is 1. The van der Waals surface area contributed by atoms with Crippen LogP contribution in [0.2, 0.25) is 0 Å². The van der Waals surface area contributed by atoms with Crippen LogP contribution in [-0.2, 0) is 21.0 Å². The van der Waals surface area contributed by atoms with E-state index in [1.165, 1.54) is 19.2 Å². The third-order valence-electron chi connectivity index (χ3n) is 2.37. The van der Waals surface area contributed by atoms with E-state index >= 15 is 0 Å². The molecule has 0 aliphatic rings. The molecule has 0 aliphatic carbocycles. The lowest BCUT2D eigenvalue weighted by Gasteiger charge is -2.11. The Morgan fingerprint density at radius 3 is 2.21 bits per heavy atom. The molecule has 1 N–H and O–H groups in total. The maximum Gasteiger partial charge on any atom is 0.501 e. The van der Waals surface area contributed by atoms with Gasteiger partial charge >= 0.3 is 5.51 Å². The van der Waals surface area contributed by atoms with E-state index in [1.807, 2.05) is 0 Å². The van der Waals surface area contributed by atoms with Crippen molar-refractivity contribution >= 4 is 9.84 Å². The molecule has 0 fully saturated rings. The minimum atomic E-state index is -5.32. The number of aliphatic hydroxyl groups excluding tert-OH is 1. The average Bonchev–Trinajstić information content (AvgIpc) is 2.28. The van der Waals surface area contributed by atoms with E-state index in [4.69, 9.17) is 4.74 Å². The van der Waals surface area contributed by atoms with Gasteiger partial charge < -0.3 is 9.84 Å². The third kappa shape index (κ3) is 3.92. The molecule has 1 rings (SSSR count). The van der Waals surface area contributed by atoms with Gasteiger partial charge in [0.1, 0.15) is 0 Å². The van der Waals surface area contributed by atoms with Gasteiger partial charge in [0.25, 0.3) is 9.84 Å². The maximum absolute atomic E-state index is 12.3. The van der Waals surface area contributed by atoms with Gasteiger partial charge in [0.2, 0.25) is 0 Å². The van der Waals surface area contributed by atoms with Crippen LogP contribution in [0.5, 0.6) is 0 Å². The van der Waals surface area contributed by atoms with E-state index in [9.17, 15) is 26.7 Å². The molecule has 0 radical (unpaired) electrons. The van der Waals surface area contributed by atoms with Crippen LogP contribution >= 0.6 is 0 Å². The third-order valence-corrected chi connectivity index (χ3v) is 3.87. The highest BCUT2D eigenvalue weighted by atomic mass is 32.2. The lowest BCUT2D eigenvalue weighted by atomic mass is 10.1. The monoisotopic (exact) mass is 298 g/mol. The van der Waals surface area contributed by atoms with Crippen molar-refractivity contribution in [2.45, 2.75) is 22.9 Å². The molecule has 19 heavy (non-hydrogen) atoms. The van der Waals surface area contributed by atoms with Gasteiger partial charge in [0, 0.05) is 13.5 Å². The Morgan fingerprint density at radius 1 is 1.26 bits per heavy atom. The van der Waals surface area contributed by atoms with E-state index in [0.29, 0.717) is 5.56 Å². The Balaban J connectivity index is 2.89. The summed E-state index contributed by atoms with van der Waals surface area (Å²) in [6.45, 7) is 0.0859. The minimum Gasteiger partial charge on any atom is -0.390 e. The number of benzene rings is 1. The number of halogens is 3. The Hall–Kier alpha value is -1.12. The van der Waals surface area contributed by atoms with E-state index in [-0.39, 0.29) is 13.0 Å². The first-order chi connectivity index (χ1) is 8.68. The summed E-state index contributed by atoms with van der Waals surface area (Å²) in [5, 5.41) is 9.44.